The monoisotopic (exact) mass is 614 g/mol. The van der Waals surface area contributed by atoms with E-state index in [1.165, 1.54) is 0 Å². The lowest BCUT2D eigenvalue weighted by atomic mass is 9.74. The molecule has 2 heterocycles. The first-order chi connectivity index (χ1) is 19.3. The summed E-state index contributed by atoms with van der Waals surface area (Å²) in [7, 11) is 0. The first-order valence-corrected chi connectivity index (χ1v) is 13.2. The Kier molecular flexibility index (Phi) is 9.03. The first kappa shape index (κ1) is 30.4. The van der Waals surface area contributed by atoms with Crippen LogP contribution in [-0.2, 0) is 11.3 Å². The van der Waals surface area contributed by atoms with Crippen LogP contribution in [0.4, 0.5) is 17.6 Å². The first-order valence-electron chi connectivity index (χ1n) is 12.5. The molecule has 1 saturated carbocycles. The van der Waals surface area contributed by atoms with Crippen molar-refractivity contribution in [1.82, 2.24) is 19.7 Å². The zero-order valence-corrected chi connectivity index (χ0v) is 23.1. The fourth-order valence-electron chi connectivity index (χ4n) is 4.97. The van der Waals surface area contributed by atoms with Crippen LogP contribution in [0.1, 0.15) is 77.0 Å². The second-order valence-corrected chi connectivity index (χ2v) is 10.9. The second kappa shape index (κ2) is 12.2. The molecule has 0 bridgehead atoms. The molecule has 41 heavy (non-hydrogen) atoms. The van der Waals surface area contributed by atoms with Gasteiger partial charge in [-0.1, -0.05) is 23.2 Å². The molecule has 1 aromatic carbocycles. The predicted octanol–water partition coefficient (Wildman–Crippen LogP) is 6.53. The van der Waals surface area contributed by atoms with Crippen LogP contribution >= 0.6 is 23.2 Å². The summed E-state index contributed by atoms with van der Waals surface area (Å²) in [5.41, 5.74) is -2.42. The number of aromatic nitrogens is 3. The number of alkyl halides is 2. The lowest BCUT2D eigenvalue weighted by Crippen LogP contribution is -2.36. The molecule has 1 amide bonds. The fourth-order valence-corrected chi connectivity index (χ4v) is 5.54. The molecule has 8 nitrogen and oxygen atoms in total. The Bertz CT molecular complexity index is 1450. The van der Waals surface area contributed by atoms with Crippen molar-refractivity contribution in [2.75, 3.05) is 6.54 Å². The van der Waals surface area contributed by atoms with Crippen molar-refractivity contribution in [3.63, 3.8) is 0 Å². The summed E-state index contributed by atoms with van der Waals surface area (Å²) in [4.78, 5) is 43.1. The van der Waals surface area contributed by atoms with Crippen LogP contribution in [0.15, 0.2) is 36.8 Å². The van der Waals surface area contributed by atoms with E-state index in [1.807, 2.05) is 0 Å². The van der Waals surface area contributed by atoms with Gasteiger partial charge in [-0.3, -0.25) is 24.0 Å². The maximum Gasteiger partial charge on any atom is 0.309 e. The van der Waals surface area contributed by atoms with Gasteiger partial charge in [-0.25, -0.2) is 17.6 Å². The van der Waals surface area contributed by atoms with Gasteiger partial charge >= 0.3 is 5.97 Å². The summed E-state index contributed by atoms with van der Waals surface area (Å²) in [6, 6.07) is 1.92. The molecule has 0 saturated heterocycles. The predicted molar refractivity (Wildman–Crippen MR) is 140 cm³/mol. The number of rotatable bonds is 9. The van der Waals surface area contributed by atoms with Crippen molar-refractivity contribution in [2.24, 2.45) is 5.41 Å². The van der Waals surface area contributed by atoms with Gasteiger partial charge in [0.15, 0.2) is 5.78 Å². The van der Waals surface area contributed by atoms with Crippen molar-refractivity contribution in [3.05, 3.63) is 80.9 Å². The molecule has 1 N–H and O–H groups in total. The quantitative estimate of drug-likeness (QED) is 0.217. The number of carboxylic acids is 1. The van der Waals surface area contributed by atoms with E-state index in [9.17, 15) is 37.1 Å². The van der Waals surface area contributed by atoms with Crippen LogP contribution in [0.25, 0.3) is 0 Å². The van der Waals surface area contributed by atoms with Gasteiger partial charge < -0.3 is 10.0 Å². The van der Waals surface area contributed by atoms with E-state index >= 15 is 0 Å². The summed E-state index contributed by atoms with van der Waals surface area (Å²) in [6.45, 7) is 0.339. The average Bonchev–Trinajstić information content (AvgIpc) is 3.33. The Labute approximate surface area is 241 Å². The van der Waals surface area contributed by atoms with Gasteiger partial charge in [-0.2, -0.15) is 5.10 Å². The SMILES string of the molecule is C[C@]1(C(=O)O)CC[C@H](n2ncc(C(=O)N(CC(=O)c3c(Cl)cncc3Cl)Cc3cc(F)cc(F)c3)c2C(F)F)CC1. The number of carboxylic acid groups (broad SMARTS) is 1. The number of benzene rings is 1. The molecule has 218 valence electrons. The number of hydrogen-bond donors (Lipinski definition) is 1. The Morgan fingerprint density at radius 1 is 1.07 bits per heavy atom. The molecule has 14 heteroatoms. The van der Waals surface area contributed by atoms with Gasteiger partial charge in [0.25, 0.3) is 12.3 Å². The number of hydrogen-bond acceptors (Lipinski definition) is 5. The van der Waals surface area contributed by atoms with Crippen LogP contribution < -0.4 is 0 Å². The van der Waals surface area contributed by atoms with Crippen LogP contribution in [0, 0.1) is 17.0 Å². The summed E-state index contributed by atoms with van der Waals surface area (Å²) in [5, 5.41) is 13.3. The standard InChI is InChI=1S/C27H24Cl2F4N4O4/c1-27(26(40)41)4-2-17(3-5-27)37-23(24(32)33)18(9-35-37)25(39)36(12-14-6-15(30)8-16(31)7-14)13-21(38)22-19(28)10-34-11-20(22)29/h6-11,17,24H,2-5,12-13H2,1H3,(H,40,41)/t17-,27-. The normalized spacial score (nSPS) is 18.9. The number of Topliss-reactive ketones (excluding diaryl/α,β-unsaturated/α-hetero) is 1. The number of carbonyl (C=O) groups is 3. The van der Waals surface area contributed by atoms with Gasteiger partial charge in [0.1, 0.15) is 17.3 Å². The second-order valence-electron chi connectivity index (χ2n) is 10.1. The van der Waals surface area contributed by atoms with Gasteiger partial charge in [0.05, 0.1) is 45.4 Å². The van der Waals surface area contributed by atoms with Gasteiger partial charge in [0, 0.05) is 25.0 Å². The fraction of sp³-hybridized carbons (Fsp3) is 0.370. The minimum Gasteiger partial charge on any atom is -0.481 e. The van der Waals surface area contributed by atoms with Gasteiger partial charge in [-0.15, -0.1) is 0 Å². The number of pyridine rings is 1. The van der Waals surface area contributed by atoms with E-state index < -0.39 is 71.5 Å². The summed E-state index contributed by atoms with van der Waals surface area (Å²) in [5.74, 6) is -4.67. The molecular weight excluding hydrogens is 591 g/mol. The third-order valence-electron chi connectivity index (χ3n) is 7.24. The maximum atomic E-state index is 14.4. The molecule has 4 rings (SSSR count). The highest BCUT2D eigenvalue weighted by Crippen LogP contribution is 2.42. The smallest absolute Gasteiger partial charge is 0.309 e. The van der Waals surface area contributed by atoms with Crippen LogP contribution in [-0.4, -0.2) is 49.0 Å². The molecule has 0 radical (unpaired) electrons. The number of nitrogens with zero attached hydrogens (tertiary/aromatic N) is 4. The molecule has 0 spiro atoms. The Morgan fingerprint density at radius 2 is 1.66 bits per heavy atom. The largest absolute Gasteiger partial charge is 0.481 e. The lowest BCUT2D eigenvalue weighted by Gasteiger charge is -2.34. The number of ketones is 1. The Hall–Kier alpha value is -3.51. The minimum absolute atomic E-state index is 0.0400. The molecule has 1 aliphatic rings. The zero-order chi connectivity index (χ0) is 30.1. The zero-order valence-electron chi connectivity index (χ0n) is 21.6. The van der Waals surface area contributed by atoms with Crippen LogP contribution in [0.2, 0.25) is 10.0 Å². The number of aliphatic carboxylic acids is 1. The third-order valence-corrected chi connectivity index (χ3v) is 7.81. The van der Waals surface area contributed by atoms with Crippen molar-refractivity contribution < 1.29 is 37.1 Å². The summed E-state index contributed by atoms with van der Waals surface area (Å²) < 4.78 is 57.7. The van der Waals surface area contributed by atoms with Crippen LogP contribution in [0.3, 0.4) is 0 Å². The van der Waals surface area contributed by atoms with E-state index in [1.54, 1.807) is 6.92 Å². The molecule has 0 unspecified atom stereocenters. The Morgan fingerprint density at radius 3 is 2.20 bits per heavy atom. The van der Waals surface area contributed by atoms with E-state index in [0.717, 1.165) is 40.3 Å². The van der Waals surface area contributed by atoms with E-state index in [-0.39, 0.29) is 46.9 Å². The van der Waals surface area contributed by atoms with Crippen molar-refractivity contribution in [2.45, 2.75) is 51.6 Å². The third kappa shape index (κ3) is 6.54. The number of amides is 1. The number of carbonyl (C=O) groups excluding carboxylic acids is 2. The minimum atomic E-state index is -3.16. The van der Waals surface area contributed by atoms with Crippen LogP contribution in [0.5, 0.6) is 0 Å². The Balaban J connectivity index is 1.69. The molecule has 3 aromatic rings. The summed E-state index contributed by atoms with van der Waals surface area (Å²) >= 11 is 12.2. The molecule has 0 aliphatic heterocycles. The van der Waals surface area contributed by atoms with Crippen molar-refractivity contribution >= 4 is 40.9 Å². The average molecular weight is 615 g/mol. The molecule has 0 atom stereocenters. The molecular formula is C27H24Cl2F4N4O4. The van der Waals surface area contributed by atoms with Crippen molar-refractivity contribution in [1.29, 1.82) is 0 Å². The molecule has 2 aromatic heterocycles. The highest BCUT2D eigenvalue weighted by molar-refractivity contribution is 6.39. The van der Waals surface area contributed by atoms with Gasteiger partial charge in [0.2, 0.25) is 0 Å². The lowest BCUT2D eigenvalue weighted by molar-refractivity contribution is -0.150. The highest BCUT2D eigenvalue weighted by atomic mass is 35.5. The molecule has 1 fully saturated rings. The van der Waals surface area contributed by atoms with E-state index in [4.69, 9.17) is 23.2 Å². The highest BCUT2D eigenvalue weighted by Gasteiger charge is 2.40. The summed E-state index contributed by atoms with van der Waals surface area (Å²) in [6.07, 6.45) is 1.03. The van der Waals surface area contributed by atoms with E-state index in [2.05, 4.69) is 10.1 Å². The maximum absolute atomic E-state index is 14.4. The number of halogens is 6. The van der Waals surface area contributed by atoms with Gasteiger partial charge in [-0.05, 0) is 50.3 Å². The topological polar surface area (TPSA) is 105 Å². The van der Waals surface area contributed by atoms with E-state index in [0.29, 0.717) is 6.07 Å². The van der Waals surface area contributed by atoms with Crippen molar-refractivity contribution in [3.8, 4) is 0 Å². The molecule has 1 aliphatic carbocycles.